The van der Waals surface area contributed by atoms with Crippen LogP contribution in [0.25, 0.3) is 11.1 Å². The minimum Gasteiger partial charge on any atom is -0.337 e. The third kappa shape index (κ3) is 4.63. The van der Waals surface area contributed by atoms with Gasteiger partial charge in [-0.1, -0.05) is 78.9 Å². The van der Waals surface area contributed by atoms with Crippen molar-refractivity contribution in [1.82, 2.24) is 4.90 Å². The van der Waals surface area contributed by atoms with E-state index in [1.807, 2.05) is 79.8 Å². The second kappa shape index (κ2) is 9.15. The van der Waals surface area contributed by atoms with E-state index in [2.05, 4.69) is 12.1 Å². The highest BCUT2D eigenvalue weighted by molar-refractivity contribution is 6.00. The Morgan fingerprint density at radius 3 is 2.15 bits per heavy atom. The molecule has 0 saturated carbocycles. The van der Waals surface area contributed by atoms with Gasteiger partial charge in [-0.15, -0.1) is 0 Å². The van der Waals surface area contributed by atoms with Crippen LogP contribution in [0.3, 0.4) is 0 Å². The zero-order valence-corrected chi connectivity index (χ0v) is 15.7. The average Bonchev–Trinajstić information content (AvgIpc) is 2.75. The van der Waals surface area contributed by atoms with E-state index in [0.717, 1.165) is 24.0 Å². The minimum atomic E-state index is 0.00142. The molecule has 0 aromatic heterocycles. The van der Waals surface area contributed by atoms with Crippen molar-refractivity contribution in [3.63, 3.8) is 0 Å². The molecule has 0 heterocycles. The molecule has 0 saturated heterocycles. The number of aryl methyl sites for hydroxylation is 1. The normalized spacial score (nSPS) is 11.8. The van der Waals surface area contributed by atoms with E-state index in [4.69, 9.17) is 5.73 Å². The molecular formula is C24H26N2O. The van der Waals surface area contributed by atoms with Crippen LogP contribution in [0.1, 0.15) is 22.3 Å². The smallest absolute Gasteiger partial charge is 0.254 e. The lowest BCUT2D eigenvalue weighted by Gasteiger charge is -2.28. The van der Waals surface area contributed by atoms with Crippen molar-refractivity contribution in [2.24, 2.45) is 5.73 Å². The molecule has 3 rings (SSSR count). The summed E-state index contributed by atoms with van der Waals surface area (Å²) in [5, 5.41) is 0. The van der Waals surface area contributed by atoms with E-state index in [1.165, 1.54) is 5.56 Å². The summed E-state index contributed by atoms with van der Waals surface area (Å²) < 4.78 is 0. The summed E-state index contributed by atoms with van der Waals surface area (Å²) in [7, 11) is 1.85. The van der Waals surface area contributed by atoms with Gasteiger partial charge in [-0.05, 0) is 35.6 Å². The first-order valence-corrected chi connectivity index (χ1v) is 9.36. The van der Waals surface area contributed by atoms with Crippen LogP contribution in [0, 0.1) is 0 Å². The predicted molar refractivity (Wildman–Crippen MR) is 112 cm³/mol. The van der Waals surface area contributed by atoms with Gasteiger partial charge in [-0.2, -0.15) is 0 Å². The first-order valence-electron chi connectivity index (χ1n) is 9.36. The van der Waals surface area contributed by atoms with Crippen LogP contribution < -0.4 is 5.73 Å². The Labute approximate surface area is 161 Å². The topological polar surface area (TPSA) is 46.3 Å². The molecule has 138 valence electrons. The summed E-state index contributed by atoms with van der Waals surface area (Å²) in [5.41, 5.74) is 9.98. The molecule has 0 fully saturated rings. The molecule has 3 aromatic carbocycles. The SMILES string of the molecule is CN(C(=O)c1ccccc1-c1ccccc1)[C@H](CN)CCc1ccccc1. The van der Waals surface area contributed by atoms with Crippen LogP contribution in [-0.4, -0.2) is 30.4 Å². The maximum atomic E-state index is 13.2. The molecule has 0 spiro atoms. The molecule has 1 amide bonds. The van der Waals surface area contributed by atoms with Gasteiger partial charge in [0.2, 0.25) is 0 Å². The molecule has 0 aliphatic heterocycles. The Morgan fingerprint density at radius 1 is 0.889 bits per heavy atom. The lowest BCUT2D eigenvalue weighted by atomic mass is 9.98. The molecule has 0 unspecified atom stereocenters. The minimum absolute atomic E-state index is 0.00142. The van der Waals surface area contributed by atoms with Gasteiger partial charge in [0.15, 0.2) is 0 Å². The van der Waals surface area contributed by atoms with E-state index in [9.17, 15) is 4.79 Å². The lowest BCUT2D eigenvalue weighted by Crippen LogP contribution is -2.42. The summed E-state index contributed by atoms with van der Waals surface area (Å²) in [4.78, 5) is 15.0. The molecule has 3 aromatic rings. The summed E-state index contributed by atoms with van der Waals surface area (Å²) in [5.74, 6) is 0.0120. The number of carbonyl (C=O) groups excluding carboxylic acids is 1. The van der Waals surface area contributed by atoms with Crippen molar-refractivity contribution in [2.75, 3.05) is 13.6 Å². The van der Waals surface area contributed by atoms with Crippen LogP contribution in [0.15, 0.2) is 84.9 Å². The fourth-order valence-electron chi connectivity index (χ4n) is 3.34. The molecule has 0 bridgehead atoms. The summed E-state index contributed by atoms with van der Waals surface area (Å²) >= 11 is 0. The highest BCUT2D eigenvalue weighted by atomic mass is 16.2. The van der Waals surface area contributed by atoms with Gasteiger partial charge in [-0.3, -0.25) is 4.79 Å². The number of benzene rings is 3. The average molecular weight is 358 g/mol. The fraction of sp³-hybridized carbons (Fsp3) is 0.208. The number of hydrogen-bond acceptors (Lipinski definition) is 2. The fourth-order valence-corrected chi connectivity index (χ4v) is 3.34. The zero-order chi connectivity index (χ0) is 19.1. The molecule has 0 aliphatic rings. The van der Waals surface area contributed by atoms with Gasteiger partial charge in [0.05, 0.1) is 0 Å². The van der Waals surface area contributed by atoms with E-state index in [0.29, 0.717) is 12.1 Å². The van der Waals surface area contributed by atoms with Crippen molar-refractivity contribution in [1.29, 1.82) is 0 Å². The number of likely N-dealkylation sites (N-methyl/N-ethyl adjacent to an activating group) is 1. The summed E-state index contributed by atoms with van der Waals surface area (Å²) in [6.07, 6.45) is 1.75. The van der Waals surface area contributed by atoms with Crippen molar-refractivity contribution < 1.29 is 4.79 Å². The van der Waals surface area contributed by atoms with Gasteiger partial charge in [-0.25, -0.2) is 0 Å². The van der Waals surface area contributed by atoms with Gasteiger partial charge in [0, 0.05) is 25.2 Å². The maximum Gasteiger partial charge on any atom is 0.254 e. The molecule has 3 heteroatoms. The summed E-state index contributed by atoms with van der Waals surface area (Å²) in [6, 6.07) is 28.1. The van der Waals surface area contributed by atoms with E-state index in [-0.39, 0.29) is 11.9 Å². The van der Waals surface area contributed by atoms with Gasteiger partial charge < -0.3 is 10.6 Å². The largest absolute Gasteiger partial charge is 0.337 e. The van der Waals surface area contributed by atoms with Crippen molar-refractivity contribution in [3.8, 4) is 11.1 Å². The third-order valence-corrected chi connectivity index (χ3v) is 4.99. The van der Waals surface area contributed by atoms with Gasteiger partial charge >= 0.3 is 0 Å². The maximum absolute atomic E-state index is 13.2. The highest BCUT2D eigenvalue weighted by Crippen LogP contribution is 2.25. The van der Waals surface area contributed by atoms with Crippen LogP contribution in [-0.2, 0) is 6.42 Å². The van der Waals surface area contributed by atoms with E-state index in [1.54, 1.807) is 4.90 Å². The number of nitrogens with two attached hydrogens (primary N) is 1. The van der Waals surface area contributed by atoms with E-state index >= 15 is 0 Å². The van der Waals surface area contributed by atoms with Crippen LogP contribution in [0.5, 0.6) is 0 Å². The third-order valence-electron chi connectivity index (χ3n) is 4.99. The number of nitrogens with zero attached hydrogens (tertiary/aromatic N) is 1. The number of rotatable bonds is 7. The Balaban J connectivity index is 1.78. The lowest BCUT2D eigenvalue weighted by molar-refractivity contribution is 0.0730. The molecule has 2 N–H and O–H groups in total. The van der Waals surface area contributed by atoms with Gasteiger partial charge in [0.1, 0.15) is 0 Å². The van der Waals surface area contributed by atoms with Crippen LogP contribution >= 0.6 is 0 Å². The summed E-state index contributed by atoms with van der Waals surface area (Å²) in [6.45, 7) is 0.447. The van der Waals surface area contributed by atoms with Crippen LogP contribution in [0.4, 0.5) is 0 Å². The Morgan fingerprint density at radius 2 is 1.48 bits per heavy atom. The molecule has 1 atom stereocenters. The molecule has 0 radical (unpaired) electrons. The number of amides is 1. The van der Waals surface area contributed by atoms with Gasteiger partial charge in [0.25, 0.3) is 5.91 Å². The van der Waals surface area contributed by atoms with Crippen LogP contribution in [0.2, 0.25) is 0 Å². The zero-order valence-electron chi connectivity index (χ0n) is 15.7. The molecule has 0 aliphatic carbocycles. The highest BCUT2D eigenvalue weighted by Gasteiger charge is 2.22. The molecule has 27 heavy (non-hydrogen) atoms. The van der Waals surface area contributed by atoms with Crippen molar-refractivity contribution in [3.05, 3.63) is 96.1 Å². The first-order chi connectivity index (χ1) is 13.2. The Kier molecular flexibility index (Phi) is 6.39. The van der Waals surface area contributed by atoms with Crippen molar-refractivity contribution in [2.45, 2.75) is 18.9 Å². The number of carbonyl (C=O) groups is 1. The van der Waals surface area contributed by atoms with E-state index < -0.39 is 0 Å². The standard InChI is InChI=1S/C24H26N2O/c1-26(21(18-25)17-16-19-10-4-2-5-11-19)24(27)23-15-9-8-14-22(23)20-12-6-3-7-13-20/h2-15,21H,16-18,25H2,1H3/t21-/m0/s1. The quantitative estimate of drug-likeness (QED) is 0.681. The Bertz CT molecular complexity index is 862. The number of hydrogen-bond donors (Lipinski definition) is 1. The molecule has 3 nitrogen and oxygen atoms in total. The second-order valence-corrected chi connectivity index (χ2v) is 6.74. The Hall–Kier alpha value is -2.91. The second-order valence-electron chi connectivity index (χ2n) is 6.74. The first kappa shape index (κ1) is 18.9. The van der Waals surface area contributed by atoms with Crippen molar-refractivity contribution >= 4 is 5.91 Å². The predicted octanol–water partition coefficient (Wildman–Crippen LogP) is 4.39. The molecular weight excluding hydrogens is 332 g/mol. The monoisotopic (exact) mass is 358 g/mol.